The van der Waals surface area contributed by atoms with Gasteiger partial charge in [0.25, 0.3) is 0 Å². The lowest BCUT2D eigenvalue weighted by Crippen LogP contribution is -2.33. The lowest BCUT2D eigenvalue weighted by atomic mass is 10.3. The summed E-state index contributed by atoms with van der Waals surface area (Å²) in [7, 11) is 2.96. The van der Waals surface area contributed by atoms with E-state index in [0.717, 1.165) is 0 Å². The minimum absolute atomic E-state index is 0.100. The van der Waals surface area contributed by atoms with E-state index in [9.17, 15) is 13.9 Å². The van der Waals surface area contributed by atoms with E-state index in [-0.39, 0.29) is 24.8 Å². The number of aromatic nitrogens is 1. The van der Waals surface area contributed by atoms with Gasteiger partial charge in [-0.1, -0.05) is 0 Å². The Balaban J connectivity index is 2.81. The van der Waals surface area contributed by atoms with Crippen molar-refractivity contribution < 1.29 is 18.6 Å². The van der Waals surface area contributed by atoms with Gasteiger partial charge in [0.2, 0.25) is 0 Å². The summed E-state index contributed by atoms with van der Waals surface area (Å²) in [6.45, 7) is 0.214. The Bertz CT molecular complexity index is 390. The second kappa shape index (κ2) is 5.74. The number of halogens is 2. The third-order valence-electron chi connectivity index (χ3n) is 2.14. The van der Waals surface area contributed by atoms with Crippen molar-refractivity contribution >= 4 is 11.6 Å². The van der Waals surface area contributed by atoms with Crippen LogP contribution in [0.4, 0.5) is 20.4 Å². The normalized spacial score (nSPS) is 12.5. The highest BCUT2D eigenvalue weighted by Crippen LogP contribution is 2.19. The zero-order valence-corrected chi connectivity index (χ0v) is 9.65. The van der Waals surface area contributed by atoms with Gasteiger partial charge in [0.15, 0.2) is 23.3 Å². The molecule has 1 aromatic rings. The SMILES string of the molecule is COCC(O)CN(C)c1nc(N)c(F)cc1F. The topological polar surface area (TPSA) is 71.6 Å². The third kappa shape index (κ3) is 3.50. The maximum atomic E-state index is 13.4. The van der Waals surface area contributed by atoms with Gasteiger partial charge >= 0.3 is 0 Å². The number of rotatable bonds is 5. The Hall–Kier alpha value is -1.47. The van der Waals surface area contributed by atoms with Crippen molar-refractivity contribution in [2.45, 2.75) is 6.10 Å². The van der Waals surface area contributed by atoms with E-state index in [2.05, 4.69) is 4.98 Å². The molecule has 0 aliphatic carbocycles. The third-order valence-corrected chi connectivity index (χ3v) is 2.14. The molecule has 17 heavy (non-hydrogen) atoms. The number of aliphatic hydroxyl groups is 1. The molecule has 0 bridgehead atoms. The molecular weight excluding hydrogens is 232 g/mol. The Labute approximate surface area is 97.8 Å². The molecule has 0 saturated heterocycles. The van der Waals surface area contributed by atoms with Crippen molar-refractivity contribution in [1.82, 2.24) is 4.98 Å². The summed E-state index contributed by atoms with van der Waals surface area (Å²) in [5.41, 5.74) is 5.25. The first-order chi connectivity index (χ1) is 7.95. The van der Waals surface area contributed by atoms with Crippen LogP contribution in [-0.4, -0.2) is 43.5 Å². The van der Waals surface area contributed by atoms with Crippen LogP contribution in [0, 0.1) is 11.6 Å². The number of aliphatic hydroxyl groups excluding tert-OH is 1. The van der Waals surface area contributed by atoms with Gasteiger partial charge in [0, 0.05) is 26.8 Å². The van der Waals surface area contributed by atoms with Crippen LogP contribution in [0.2, 0.25) is 0 Å². The number of nitrogens with zero attached hydrogens (tertiary/aromatic N) is 2. The molecule has 1 atom stereocenters. The minimum atomic E-state index is -0.905. The first-order valence-electron chi connectivity index (χ1n) is 4.95. The lowest BCUT2D eigenvalue weighted by molar-refractivity contribution is 0.0693. The van der Waals surface area contributed by atoms with Crippen LogP contribution in [0.3, 0.4) is 0 Å². The maximum Gasteiger partial charge on any atom is 0.168 e. The summed E-state index contributed by atoms with van der Waals surface area (Å²) >= 11 is 0. The van der Waals surface area contributed by atoms with Gasteiger partial charge in [-0.3, -0.25) is 0 Å². The van der Waals surface area contributed by atoms with Crippen molar-refractivity contribution in [2.75, 3.05) is 37.9 Å². The van der Waals surface area contributed by atoms with E-state index in [1.807, 2.05) is 0 Å². The number of methoxy groups -OCH3 is 1. The molecule has 0 fully saturated rings. The predicted molar refractivity (Wildman–Crippen MR) is 59.7 cm³/mol. The van der Waals surface area contributed by atoms with Gasteiger partial charge < -0.3 is 20.5 Å². The summed E-state index contributed by atoms with van der Waals surface area (Å²) in [5, 5.41) is 9.47. The number of pyridine rings is 1. The highest BCUT2D eigenvalue weighted by molar-refractivity contribution is 5.46. The molecule has 3 N–H and O–H groups in total. The highest BCUT2D eigenvalue weighted by Gasteiger charge is 2.16. The molecule has 0 radical (unpaired) electrons. The van der Waals surface area contributed by atoms with Gasteiger partial charge in [-0.2, -0.15) is 0 Å². The van der Waals surface area contributed by atoms with E-state index in [4.69, 9.17) is 10.5 Å². The maximum absolute atomic E-state index is 13.4. The van der Waals surface area contributed by atoms with E-state index in [0.29, 0.717) is 6.07 Å². The van der Waals surface area contributed by atoms with Crippen LogP contribution in [0.5, 0.6) is 0 Å². The molecule has 1 heterocycles. The Morgan fingerprint density at radius 3 is 2.76 bits per heavy atom. The zero-order valence-electron chi connectivity index (χ0n) is 9.65. The number of ether oxygens (including phenoxy) is 1. The first kappa shape index (κ1) is 13.6. The van der Waals surface area contributed by atoms with Crippen LogP contribution >= 0.6 is 0 Å². The van der Waals surface area contributed by atoms with Crippen molar-refractivity contribution in [3.63, 3.8) is 0 Å². The number of nitrogen functional groups attached to an aromatic ring is 1. The molecule has 0 aliphatic rings. The fraction of sp³-hybridized carbons (Fsp3) is 0.500. The lowest BCUT2D eigenvalue weighted by Gasteiger charge is -2.22. The van der Waals surface area contributed by atoms with Gasteiger partial charge in [-0.05, 0) is 0 Å². The minimum Gasteiger partial charge on any atom is -0.389 e. The smallest absolute Gasteiger partial charge is 0.168 e. The van der Waals surface area contributed by atoms with Crippen LogP contribution in [0.1, 0.15) is 0 Å². The van der Waals surface area contributed by atoms with E-state index >= 15 is 0 Å². The Morgan fingerprint density at radius 2 is 2.18 bits per heavy atom. The van der Waals surface area contributed by atoms with Gasteiger partial charge in [-0.25, -0.2) is 13.8 Å². The van der Waals surface area contributed by atoms with Crippen LogP contribution in [0.25, 0.3) is 0 Å². The molecule has 7 heteroatoms. The van der Waals surface area contributed by atoms with Gasteiger partial charge in [-0.15, -0.1) is 0 Å². The fourth-order valence-corrected chi connectivity index (χ4v) is 1.39. The van der Waals surface area contributed by atoms with Crippen molar-refractivity contribution in [3.8, 4) is 0 Å². The van der Waals surface area contributed by atoms with Crippen molar-refractivity contribution in [3.05, 3.63) is 17.7 Å². The van der Waals surface area contributed by atoms with E-state index in [1.54, 1.807) is 0 Å². The van der Waals surface area contributed by atoms with Crippen molar-refractivity contribution in [2.24, 2.45) is 0 Å². The van der Waals surface area contributed by atoms with Crippen LogP contribution in [0.15, 0.2) is 6.07 Å². The van der Waals surface area contributed by atoms with Gasteiger partial charge in [0.1, 0.15) is 0 Å². The molecule has 0 aromatic carbocycles. The summed E-state index contributed by atoms with van der Waals surface area (Å²) in [6.07, 6.45) is -0.794. The molecule has 0 saturated carbocycles. The molecule has 1 rings (SSSR count). The molecular formula is C10H15F2N3O2. The summed E-state index contributed by atoms with van der Waals surface area (Å²) in [5.74, 6) is -2.23. The standard InChI is InChI=1S/C10H15F2N3O2/c1-15(4-6(16)5-17-2)10-8(12)3-7(11)9(13)14-10/h3,6,16H,4-5H2,1-2H3,(H2,13,14). The molecule has 1 aromatic heterocycles. The number of hydrogen-bond acceptors (Lipinski definition) is 5. The number of anilines is 2. The molecule has 1 unspecified atom stereocenters. The molecule has 96 valence electrons. The zero-order chi connectivity index (χ0) is 13.0. The monoisotopic (exact) mass is 247 g/mol. The second-order valence-corrected chi connectivity index (χ2v) is 3.65. The van der Waals surface area contributed by atoms with Crippen LogP contribution < -0.4 is 10.6 Å². The fourth-order valence-electron chi connectivity index (χ4n) is 1.39. The average molecular weight is 247 g/mol. The summed E-state index contributed by atoms with van der Waals surface area (Å²) < 4.78 is 31.0. The molecule has 0 spiro atoms. The summed E-state index contributed by atoms with van der Waals surface area (Å²) in [4.78, 5) is 4.93. The number of nitrogens with two attached hydrogens (primary N) is 1. The number of likely N-dealkylation sites (N-methyl/N-ethyl adjacent to an activating group) is 1. The van der Waals surface area contributed by atoms with Crippen molar-refractivity contribution in [1.29, 1.82) is 0 Å². The first-order valence-corrected chi connectivity index (χ1v) is 4.95. The molecule has 0 aliphatic heterocycles. The van der Waals surface area contributed by atoms with Crippen LogP contribution in [-0.2, 0) is 4.74 Å². The molecule has 5 nitrogen and oxygen atoms in total. The Kier molecular flexibility index (Phi) is 4.59. The Morgan fingerprint density at radius 1 is 1.53 bits per heavy atom. The second-order valence-electron chi connectivity index (χ2n) is 3.65. The quantitative estimate of drug-likeness (QED) is 0.787. The van der Waals surface area contributed by atoms with E-state index < -0.39 is 17.7 Å². The average Bonchev–Trinajstić information content (AvgIpc) is 2.23. The largest absolute Gasteiger partial charge is 0.389 e. The van der Waals surface area contributed by atoms with Gasteiger partial charge in [0.05, 0.1) is 12.7 Å². The van der Waals surface area contributed by atoms with E-state index in [1.165, 1.54) is 19.1 Å². The molecule has 0 amide bonds. The summed E-state index contributed by atoms with van der Waals surface area (Å²) in [6, 6.07) is 0.664. The predicted octanol–water partition coefficient (Wildman–Crippen LogP) is 0.386. The number of hydrogen-bond donors (Lipinski definition) is 2. The highest BCUT2D eigenvalue weighted by atomic mass is 19.1.